The molecular formula is C19H24N2. The van der Waals surface area contributed by atoms with E-state index in [1.807, 2.05) is 0 Å². The molecule has 1 N–H and O–H groups in total. The molecule has 0 amide bonds. The maximum atomic E-state index is 3.56. The lowest BCUT2D eigenvalue weighted by molar-refractivity contribution is 0.121. The molecule has 1 heterocycles. The predicted molar refractivity (Wildman–Crippen MR) is 87.7 cm³/mol. The number of rotatable bonds is 5. The molecule has 0 saturated carbocycles. The molecule has 0 spiro atoms. The summed E-state index contributed by atoms with van der Waals surface area (Å²) in [6.07, 6.45) is 3.81. The fourth-order valence-electron chi connectivity index (χ4n) is 3.04. The zero-order valence-corrected chi connectivity index (χ0v) is 12.5. The Kier molecular flexibility index (Phi) is 5.03. The number of hydrogen-bond acceptors (Lipinski definition) is 2. The van der Waals surface area contributed by atoms with Gasteiger partial charge in [0.1, 0.15) is 0 Å². The quantitative estimate of drug-likeness (QED) is 0.899. The van der Waals surface area contributed by atoms with Gasteiger partial charge in [-0.1, -0.05) is 60.7 Å². The van der Waals surface area contributed by atoms with Crippen molar-refractivity contribution < 1.29 is 0 Å². The van der Waals surface area contributed by atoms with Gasteiger partial charge in [0.15, 0.2) is 0 Å². The van der Waals surface area contributed by atoms with Crippen LogP contribution in [-0.4, -0.2) is 18.1 Å². The summed E-state index contributed by atoms with van der Waals surface area (Å²) >= 11 is 0. The molecule has 21 heavy (non-hydrogen) atoms. The van der Waals surface area contributed by atoms with Gasteiger partial charge in [-0.15, -0.1) is 0 Å². The van der Waals surface area contributed by atoms with E-state index in [9.17, 15) is 0 Å². The van der Waals surface area contributed by atoms with E-state index in [2.05, 4.69) is 71.1 Å². The Labute approximate surface area is 127 Å². The molecule has 0 atom stereocenters. The lowest BCUT2D eigenvalue weighted by Crippen LogP contribution is -2.43. The molecule has 0 aromatic heterocycles. The van der Waals surface area contributed by atoms with Crippen molar-refractivity contribution >= 4 is 0 Å². The molecule has 1 saturated heterocycles. The Morgan fingerprint density at radius 1 is 0.810 bits per heavy atom. The number of benzene rings is 2. The largest absolute Gasteiger partial charge is 0.251 e. The minimum atomic E-state index is 0.835. The van der Waals surface area contributed by atoms with Gasteiger partial charge in [-0.05, 0) is 36.3 Å². The van der Waals surface area contributed by atoms with Crippen LogP contribution in [0.3, 0.4) is 0 Å². The standard InChI is InChI=1S/C19H24N2/c1-3-7-17(8-4-1)15-18-11-13-21(14-12-18)20-16-19-9-5-2-6-10-19/h1-10,18,20H,11-16H2. The summed E-state index contributed by atoms with van der Waals surface area (Å²) in [6, 6.07) is 21.5. The van der Waals surface area contributed by atoms with E-state index in [-0.39, 0.29) is 0 Å². The highest BCUT2D eigenvalue weighted by molar-refractivity contribution is 5.15. The first-order valence-corrected chi connectivity index (χ1v) is 7.96. The third kappa shape index (κ3) is 4.42. The molecule has 1 aliphatic heterocycles. The van der Waals surface area contributed by atoms with Crippen LogP contribution in [0.4, 0.5) is 0 Å². The van der Waals surface area contributed by atoms with Gasteiger partial charge >= 0.3 is 0 Å². The molecule has 2 aromatic carbocycles. The van der Waals surface area contributed by atoms with Gasteiger partial charge < -0.3 is 0 Å². The SMILES string of the molecule is c1ccc(CNN2CCC(Cc3ccccc3)CC2)cc1. The monoisotopic (exact) mass is 280 g/mol. The molecule has 2 heteroatoms. The van der Waals surface area contributed by atoms with E-state index in [0.717, 1.165) is 25.6 Å². The second-order valence-corrected chi connectivity index (χ2v) is 5.94. The van der Waals surface area contributed by atoms with E-state index >= 15 is 0 Å². The highest BCUT2D eigenvalue weighted by Crippen LogP contribution is 2.20. The third-order valence-corrected chi connectivity index (χ3v) is 4.33. The van der Waals surface area contributed by atoms with Crippen LogP contribution in [0.5, 0.6) is 0 Å². The predicted octanol–water partition coefficient (Wildman–Crippen LogP) is 3.65. The molecule has 110 valence electrons. The molecule has 0 bridgehead atoms. The van der Waals surface area contributed by atoms with E-state index in [4.69, 9.17) is 0 Å². The van der Waals surface area contributed by atoms with Crippen LogP contribution in [0, 0.1) is 5.92 Å². The van der Waals surface area contributed by atoms with Gasteiger partial charge in [-0.2, -0.15) is 0 Å². The summed E-state index contributed by atoms with van der Waals surface area (Å²) in [5, 5.41) is 2.38. The maximum absolute atomic E-state index is 3.56. The van der Waals surface area contributed by atoms with Crippen LogP contribution < -0.4 is 5.43 Å². The summed E-state index contributed by atoms with van der Waals surface area (Å²) in [6.45, 7) is 3.25. The molecule has 2 nitrogen and oxygen atoms in total. The van der Waals surface area contributed by atoms with E-state index in [1.54, 1.807) is 0 Å². The molecule has 2 aromatic rings. The van der Waals surface area contributed by atoms with Crippen LogP contribution in [0.15, 0.2) is 60.7 Å². The molecule has 1 aliphatic rings. The first-order valence-electron chi connectivity index (χ1n) is 7.96. The lowest BCUT2D eigenvalue weighted by atomic mass is 9.91. The molecule has 3 rings (SSSR count). The van der Waals surface area contributed by atoms with Crippen molar-refractivity contribution in [2.45, 2.75) is 25.8 Å². The first kappa shape index (κ1) is 14.3. The minimum absolute atomic E-state index is 0.835. The highest BCUT2D eigenvalue weighted by Gasteiger charge is 2.18. The Hall–Kier alpha value is -1.64. The lowest BCUT2D eigenvalue weighted by Gasteiger charge is -2.32. The summed E-state index contributed by atoms with van der Waals surface area (Å²) in [7, 11) is 0. The first-order chi connectivity index (χ1) is 10.4. The van der Waals surface area contributed by atoms with Gasteiger partial charge in [-0.25, -0.2) is 5.01 Å². The van der Waals surface area contributed by atoms with Crippen molar-refractivity contribution in [3.8, 4) is 0 Å². The summed E-state index contributed by atoms with van der Waals surface area (Å²) in [5.74, 6) is 0.835. The van der Waals surface area contributed by atoms with Crippen molar-refractivity contribution in [2.24, 2.45) is 5.92 Å². The van der Waals surface area contributed by atoms with Crippen LogP contribution >= 0.6 is 0 Å². The normalized spacial score (nSPS) is 17.0. The van der Waals surface area contributed by atoms with Gasteiger partial charge in [0.05, 0.1) is 0 Å². The molecular weight excluding hydrogens is 256 g/mol. The van der Waals surface area contributed by atoms with Crippen LogP contribution in [0.25, 0.3) is 0 Å². The van der Waals surface area contributed by atoms with Gasteiger partial charge in [-0.3, -0.25) is 5.43 Å². The topological polar surface area (TPSA) is 15.3 Å². The molecule has 0 radical (unpaired) electrons. The smallest absolute Gasteiger partial charge is 0.0353 e. The minimum Gasteiger partial charge on any atom is -0.251 e. The fraction of sp³-hybridized carbons (Fsp3) is 0.368. The van der Waals surface area contributed by atoms with E-state index in [0.29, 0.717) is 0 Å². The summed E-state index contributed by atoms with van der Waals surface area (Å²) in [5.41, 5.74) is 6.39. The van der Waals surface area contributed by atoms with Crippen LogP contribution in [0.2, 0.25) is 0 Å². The molecule has 0 unspecified atom stereocenters. The Bertz CT molecular complexity index is 516. The highest BCUT2D eigenvalue weighted by atomic mass is 15.5. The van der Waals surface area contributed by atoms with Crippen molar-refractivity contribution in [1.29, 1.82) is 0 Å². The Morgan fingerprint density at radius 2 is 1.38 bits per heavy atom. The molecule has 0 aliphatic carbocycles. The number of nitrogens with one attached hydrogen (secondary N) is 1. The van der Waals surface area contributed by atoms with Crippen LogP contribution in [0.1, 0.15) is 24.0 Å². The average molecular weight is 280 g/mol. The van der Waals surface area contributed by atoms with Crippen molar-refractivity contribution in [2.75, 3.05) is 13.1 Å². The number of hydrogen-bond donors (Lipinski definition) is 1. The average Bonchev–Trinajstić information content (AvgIpc) is 2.56. The van der Waals surface area contributed by atoms with Crippen LogP contribution in [-0.2, 0) is 13.0 Å². The zero-order valence-electron chi connectivity index (χ0n) is 12.5. The van der Waals surface area contributed by atoms with Crippen molar-refractivity contribution in [1.82, 2.24) is 10.4 Å². The summed E-state index contributed by atoms with van der Waals surface area (Å²) in [4.78, 5) is 0. The Balaban J connectivity index is 1.41. The number of nitrogens with zero attached hydrogens (tertiary/aromatic N) is 1. The Morgan fingerprint density at radius 3 is 2.00 bits per heavy atom. The van der Waals surface area contributed by atoms with Gasteiger partial charge in [0, 0.05) is 19.6 Å². The van der Waals surface area contributed by atoms with Gasteiger partial charge in [0.25, 0.3) is 0 Å². The van der Waals surface area contributed by atoms with Crippen molar-refractivity contribution in [3.05, 3.63) is 71.8 Å². The maximum Gasteiger partial charge on any atom is 0.0353 e. The number of piperidine rings is 1. The fourth-order valence-corrected chi connectivity index (χ4v) is 3.04. The zero-order chi connectivity index (χ0) is 14.3. The van der Waals surface area contributed by atoms with E-state index in [1.165, 1.54) is 30.4 Å². The van der Waals surface area contributed by atoms with Gasteiger partial charge in [0.2, 0.25) is 0 Å². The molecule has 1 fully saturated rings. The third-order valence-electron chi connectivity index (χ3n) is 4.33. The second-order valence-electron chi connectivity index (χ2n) is 5.94. The van der Waals surface area contributed by atoms with E-state index < -0.39 is 0 Å². The van der Waals surface area contributed by atoms with Crippen molar-refractivity contribution in [3.63, 3.8) is 0 Å². The summed E-state index contributed by atoms with van der Waals surface area (Å²) < 4.78 is 0. The number of hydrazine groups is 1. The second kappa shape index (κ2) is 7.39.